The lowest BCUT2D eigenvalue weighted by molar-refractivity contribution is 0.306. The molecule has 0 radical (unpaired) electrons. The number of hydrogen-bond donors (Lipinski definition) is 1. The summed E-state index contributed by atoms with van der Waals surface area (Å²) in [5.74, 6) is 1.49. The van der Waals surface area contributed by atoms with Crippen molar-refractivity contribution in [2.24, 2.45) is 0 Å². The van der Waals surface area contributed by atoms with Crippen LogP contribution in [0.4, 0.5) is 5.69 Å². The minimum absolute atomic E-state index is 0.338. The summed E-state index contributed by atoms with van der Waals surface area (Å²) < 4.78 is 11.3. The molecule has 0 atom stereocenters. The summed E-state index contributed by atoms with van der Waals surface area (Å²) in [5.41, 5.74) is 10.2. The van der Waals surface area contributed by atoms with E-state index in [0.29, 0.717) is 39.8 Å². The van der Waals surface area contributed by atoms with E-state index in [-0.39, 0.29) is 0 Å². The van der Waals surface area contributed by atoms with Crippen LogP contribution in [0.25, 0.3) is 22.8 Å². The quantitative estimate of drug-likeness (QED) is 0.386. The fourth-order valence-corrected chi connectivity index (χ4v) is 3.36. The Bertz CT molecular complexity index is 1170. The van der Waals surface area contributed by atoms with Gasteiger partial charge in [0.2, 0.25) is 5.82 Å². The number of aromatic nitrogens is 2. The third-order valence-electron chi connectivity index (χ3n) is 4.50. The second-order valence-corrected chi connectivity index (χ2v) is 7.35. The first kappa shape index (κ1) is 19.3. The fourth-order valence-electron chi connectivity index (χ4n) is 2.89. The lowest BCUT2D eigenvalue weighted by Crippen LogP contribution is -1.96. The molecule has 4 aromatic rings. The van der Waals surface area contributed by atoms with Crippen molar-refractivity contribution < 1.29 is 9.26 Å². The van der Waals surface area contributed by atoms with E-state index in [9.17, 15) is 0 Å². The van der Waals surface area contributed by atoms with Crippen molar-refractivity contribution in [1.29, 1.82) is 0 Å². The van der Waals surface area contributed by atoms with Crippen molar-refractivity contribution >= 4 is 28.9 Å². The fraction of sp³-hybridized carbons (Fsp3) is 0.0909. The van der Waals surface area contributed by atoms with E-state index in [0.717, 1.165) is 22.3 Å². The monoisotopic (exact) mass is 425 g/mol. The standard InChI is InChI=1S/C22H17Cl2N3O2/c1-13-17(6-3-7-19(13)25)21-26-22(29-27-21)15-5-2-4-14(10-15)12-28-20-9-8-16(23)11-18(20)24/h2-11H,12,25H2,1H3. The lowest BCUT2D eigenvalue weighted by Gasteiger charge is -2.09. The smallest absolute Gasteiger partial charge is 0.258 e. The Morgan fingerprint density at radius 2 is 1.86 bits per heavy atom. The normalized spacial score (nSPS) is 10.9. The van der Waals surface area contributed by atoms with Crippen molar-refractivity contribution in [2.45, 2.75) is 13.5 Å². The Labute approximate surface area is 178 Å². The van der Waals surface area contributed by atoms with Gasteiger partial charge in [0.05, 0.1) is 5.02 Å². The van der Waals surface area contributed by atoms with Gasteiger partial charge >= 0.3 is 0 Å². The molecular formula is C22H17Cl2N3O2. The number of halogens is 2. The van der Waals surface area contributed by atoms with Crippen molar-refractivity contribution in [1.82, 2.24) is 10.1 Å². The van der Waals surface area contributed by atoms with Crippen LogP contribution in [-0.2, 0) is 6.61 Å². The Morgan fingerprint density at radius 1 is 1.03 bits per heavy atom. The predicted molar refractivity (Wildman–Crippen MR) is 115 cm³/mol. The first-order valence-corrected chi connectivity index (χ1v) is 9.63. The zero-order valence-electron chi connectivity index (χ0n) is 15.5. The molecule has 4 rings (SSSR count). The van der Waals surface area contributed by atoms with Crippen molar-refractivity contribution in [2.75, 3.05) is 5.73 Å². The van der Waals surface area contributed by atoms with Gasteiger partial charge in [-0.1, -0.05) is 52.6 Å². The molecule has 0 saturated heterocycles. The van der Waals surface area contributed by atoms with E-state index in [1.165, 1.54) is 0 Å². The Hall–Kier alpha value is -3.02. The van der Waals surface area contributed by atoms with Crippen molar-refractivity contribution in [3.05, 3.63) is 81.8 Å². The molecule has 3 aromatic carbocycles. The molecule has 0 saturated carbocycles. The molecule has 2 N–H and O–H groups in total. The minimum Gasteiger partial charge on any atom is -0.487 e. The highest BCUT2D eigenvalue weighted by atomic mass is 35.5. The Morgan fingerprint density at radius 3 is 2.69 bits per heavy atom. The number of hydrogen-bond acceptors (Lipinski definition) is 5. The molecule has 0 spiro atoms. The van der Waals surface area contributed by atoms with Crippen LogP contribution in [0.2, 0.25) is 10.0 Å². The van der Waals surface area contributed by atoms with E-state index in [1.54, 1.807) is 18.2 Å². The van der Waals surface area contributed by atoms with Gasteiger partial charge in [-0.05, 0) is 54.4 Å². The molecule has 0 aliphatic rings. The molecule has 0 aliphatic carbocycles. The van der Waals surface area contributed by atoms with Gasteiger partial charge in [-0.2, -0.15) is 4.98 Å². The first-order chi connectivity index (χ1) is 14.0. The van der Waals surface area contributed by atoms with Gasteiger partial charge in [0.25, 0.3) is 5.89 Å². The van der Waals surface area contributed by atoms with Gasteiger partial charge < -0.3 is 15.0 Å². The van der Waals surface area contributed by atoms with E-state index >= 15 is 0 Å². The molecule has 0 bridgehead atoms. The molecule has 1 heterocycles. The predicted octanol–water partition coefficient (Wildman–Crippen LogP) is 6.18. The van der Waals surface area contributed by atoms with Gasteiger partial charge in [-0.25, -0.2) is 0 Å². The van der Waals surface area contributed by atoms with Crippen molar-refractivity contribution in [3.8, 4) is 28.6 Å². The molecular weight excluding hydrogens is 409 g/mol. The summed E-state index contributed by atoms with van der Waals surface area (Å²) in [6, 6.07) is 18.5. The van der Waals surface area contributed by atoms with E-state index in [1.807, 2.05) is 49.4 Å². The minimum atomic E-state index is 0.338. The number of rotatable bonds is 5. The summed E-state index contributed by atoms with van der Waals surface area (Å²) in [6.07, 6.45) is 0. The third-order valence-corrected chi connectivity index (χ3v) is 5.04. The number of ether oxygens (including phenoxy) is 1. The van der Waals surface area contributed by atoms with Gasteiger partial charge in [0.15, 0.2) is 0 Å². The van der Waals surface area contributed by atoms with Crippen LogP contribution in [0.1, 0.15) is 11.1 Å². The first-order valence-electron chi connectivity index (χ1n) is 8.87. The van der Waals surface area contributed by atoms with Crippen LogP contribution < -0.4 is 10.5 Å². The summed E-state index contributed by atoms with van der Waals surface area (Å²) in [5, 5.41) is 5.13. The highest BCUT2D eigenvalue weighted by Gasteiger charge is 2.14. The highest BCUT2D eigenvalue weighted by molar-refractivity contribution is 6.35. The molecule has 5 nitrogen and oxygen atoms in total. The average molecular weight is 426 g/mol. The number of benzene rings is 3. The largest absolute Gasteiger partial charge is 0.487 e. The Kier molecular flexibility index (Phi) is 5.43. The molecule has 0 amide bonds. The third kappa shape index (κ3) is 4.21. The van der Waals surface area contributed by atoms with Crippen LogP contribution in [0.3, 0.4) is 0 Å². The van der Waals surface area contributed by atoms with Crippen molar-refractivity contribution in [3.63, 3.8) is 0 Å². The van der Waals surface area contributed by atoms with Crippen LogP contribution in [0, 0.1) is 6.92 Å². The topological polar surface area (TPSA) is 74.2 Å². The number of nitrogen functional groups attached to an aromatic ring is 1. The molecule has 0 aliphatic heterocycles. The second kappa shape index (κ2) is 8.15. The average Bonchev–Trinajstić information content (AvgIpc) is 3.20. The molecule has 146 valence electrons. The molecule has 0 fully saturated rings. The van der Waals surface area contributed by atoms with Crippen LogP contribution in [0.15, 0.2) is 65.2 Å². The summed E-state index contributed by atoms with van der Waals surface area (Å²) >= 11 is 12.1. The number of nitrogens with zero attached hydrogens (tertiary/aromatic N) is 2. The van der Waals surface area contributed by atoms with Gasteiger partial charge in [0, 0.05) is 21.8 Å². The number of anilines is 1. The van der Waals surface area contributed by atoms with Gasteiger partial charge in [-0.3, -0.25) is 0 Å². The lowest BCUT2D eigenvalue weighted by atomic mass is 10.1. The molecule has 7 heteroatoms. The van der Waals surface area contributed by atoms with E-state index < -0.39 is 0 Å². The summed E-state index contributed by atoms with van der Waals surface area (Å²) in [7, 11) is 0. The molecule has 0 unspecified atom stereocenters. The number of nitrogens with two attached hydrogens (primary N) is 1. The maximum atomic E-state index is 6.16. The molecule has 1 aromatic heterocycles. The van der Waals surface area contributed by atoms with Gasteiger partial charge in [0.1, 0.15) is 12.4 Å². The second-order valence-electron chi connectivity index (χ2n) is 6.51. The van der Waals surface area contributed by atoms with E-state index in [2.05, 4.69) is 10.1 Å². The van der Waals surface area contributed by atoms with E-state index in [4.69, 9.17) is 38.2 Å². The zero-order valence-corrected chi connectivity index (χ0v) is 17.0. The SMILES string of the molecule is Cc1c(N)cccc1-c1noc(-c2cccc(COc3ccc(Cl)cc3Cl)c2)n1. The van der Waals surface area contributed by atoms with Crippen LogP contribution in [0.5, 0.6) is 5.75 Å². The van der Waals surface area contributed by atoms with Crippen LogP contribution >= 0.6 is 23.2 Å². The summed E-state index contributed by atoms with van der Waals surface area (Å²) in [4.78, 5) is 4.53. The zero-order chi connectivity index (χ0) is 20.4. The Balaban J connectivity index is 1.55. The maximum Gasteiger partial charge on any atom is 0.258 e. The van der Waals surface area contributed by atoms with Gasteiger partial charge in [-0.15, -0.1) is 0 Å². The van der Waals surface area contributed by atoms with Crippen LogP contribution in [-0.4, -0.2) is 10.1 Å². The summed E-state index contributed by atoms with van der Waals surface area (Å²) in [6.45, 7) is 2.27. The maximum absolute atomic E-state index is 6.16. The molecule has 29 heavy (non-hydrogen) atoms. The highest BCUT2D eigenvalue weighted by Crippen LogP contribution is 2.30.